The van der Waals surface area contributed by atoms with E-state index in [4.69, 9.17) is 9.47 Å². The van der Waals surface area contributed by atoms with Crippen LogP contribution in [0.1, 0.15) is 6.42 Å². The molecule has 0 saturated carbocycles. The Balaban J connectivity index is 1.88. The zero-order valence-corrected chi connectivity index (χ0v) is 15.0. The van der Waals surface area contributed by atoms with E-state index in [0.717, 1.165) is 4.31 Å². The maximum atomic E-state index is 13.8. The summed E-state index contributed by atoms with van der Waals surface area (Å²) in [5.74, 6) is -1.27. The number of methoxy groups -OCH3 is 1. The molecule has 2 heterocycles. The number of benzene rings is 1. The second-order valence-electron chi connectivity index (χ2n) is 5.90. The summed E-state index contributed by atoms with van der Waals surface area (Å²) in [6, 6.07) is 4.74. The maximum Gasteiger partial charge on any atom is 0.324 e. The van der Waals surface area contributed by atoms with Gasteiger partial charge in [-0.05, 0) is 12.1 Å². The first kappa shape index (κ1) is 18.3. The summed E-state index contributed by atoms with van der Waals surface area (Å²) < 4.78 is 52.3. The van der Waals surface area contributed by atoms with E-state index in [1.165, 1.54) is 42.4 Å². The third kappa shape index (κ3) is 3.42. The standard InChI is InChI=1S/C16H18FN3O5S/c1-19-9-15(18-10-19)26(22,23)20-8-11(7-13(20)16(21)24-2)25-14-6-4-3-5-12(14)17/h3-6,9-11,13H,7-8H2,1-2H3/t11-,13+/m1/s1. The summed E-state index contributed by atoms with van der Waals surface area (Å²) in [6.07, 6.45) is 2.04. The van der Waals surface area contributed by atoms with Crippen LogP contribution in [0.3, 0.4) is 0 Å². The second-order valence-corrected chi connectivity index (χ2v) is 7.73. The number of carbonyl (C=O) groups excluding carboxylic acids is 1. The minimum absolute atomic E-state index is 0.00167. The SMILES string of the molecule is COC(=O)[C@@H]1C[C@@H](Oc2ccccc2F)CN1S(=O)(=O)c1cn(C)cn1. The number of nitrogens with zero attached hydrogens (tertiary/aromatic N) is 3. The molecule has 0 bridgehead atoms. The molecular formula is C16H18FN3O5S. The predicted octanol–water partition coefficient (Wildman–Crippen LogP) is 0.943. The van der Waals surface area contributed by atoms with Gasteiger partial charge in [-0.25, -0.2) is 17.8 Å². The van der Waals surface area contributed by atoms with Crippen molar-refractivity contribution in [3.63, 3.8) is 0 Å². The van der Waals surface area contributed by atoms with Crippen LogP contribution in [-0.4, -0.2) is 54.0 Å². The molecule has 1 aliphatic heterocycles. The first-order valence-electron chi connectivity index (χ1n) is 7.81. The van der Waals surface area contributed by atoms with E-state index in [1.807, 2.05) is 0 Å². The molecule has 2 atom stereocenters. The lowest BCUT2D eigenvalue weighted by Crippen LogP contribution is -2.41. The fraction of sp³-hybridized carbons (Fsp3) is 0.375. The van der Waals surface area contributed by atoms with E-state index in [-0.39, 0.29) is 23.7 Å². The molecule has 140 valence electrons. The Labute approximate surface area is 150 Å². The van der Waals surface area contributed by atoms with Crippen molar-refractivity contribution in [2.45, 2.75) is 23.6 Å². The van der Waals surface area contributed by atoms with Crippen molar-refractivity contribution in [3.05, 3.63) is 42.6 Å². The van der Waals surface area contributed by atoms with E-state index in [2.05, 4.69) is 4.98 Å². The third-order valence-corrected chi connectivity index (χ3v) is 5.84. The van der Waals surface area contributed by atoms with Gasteiger partial charge in [-0.1, -0.05) is 12.1 Å². The molecule has 3 rings (SSSR count). The molecule has 10 heteroatoms. The van der Waals surface area contributed by atoms with Crippen LogP contribution in [0.15, 0.2) is 41.8 Å². The molecule has 8 nitrogen and oxygen atoms in total. The summed E-state index contributed by atoms with van der Waals surface area (Å²) in [5, 5.41) is -0.180. The number of rotatable bonds is 5. The smallest absolute Gasteiger partial charge is 0.324 e. The molecule has 0 aliphatic carbocycles. The minimum atomic E-state index is -4.03. The second kappa shape index (κ2) is 7.04. The number of sulfonamides is 1. The molecule has 1 fully saturated rings. The Morgan fingerprint density at radius 2 is 2.08 bits per heavy atom. The van der Waals surface area contributed by atoms with Crippen LogP contribution < -0.4 is 4.74 Å². The maximum absolute atomic E-state index is 13.8. The number of esters is 1. The lowest BCUT2D eigenvalue weighted by atomic mass is 10.2. The number of carbonyl (C=O) groups is 1. The highest BCUT2D eigenvalue weighted by Crippen LogP contribution is 2.29. The number of hydrogen-bond acceptors (Lipinski definition) is 6. The van der Waals surface area contributed by atoms with Gasteiger partial charge in [0.05, 0.1) is 20.0 Å². The fourth-order valence-electron chi connectivity index (χ4n) is 2.83. The zero-order chi connectivity index (χ0) is 18.9. The predicted molar refractivity (Wildman–Crippen MR) is 88.3 cm³/mol. The van der Waals surface area contributed by atoms with Crippen LogP contribution >= 0.6 is 0 Å². The van der Waals surface area contributed by atoms with Gasteiger partial charge in [0.25, 0.3) is 10.0 Å². The van der Waals surface area contributed by atoms with Gasteiger partial charge in [0, 0.05) is 19.7 Å². The highest BCUT2D eigenvalue weighted by atomic mass is 32.2. The summed E-state index contributed by atoms with van der Waals surface area (Å²) in [5.41, 5.74) is 0. The molecule has 1 aliphatic rings. The van der Waals surface area contributed by atoms with Gasteiger partial charge < -0.3 is 14.0 Å². The number of para-hydroxylation sites is 1. The summed E-state index contributed by atoms with van der Waals surface area (Å²) >= 11 is 0. The molecule has 26 heavy (non-hydrogen) atoms. The van der Waals surface area contributed by atoms with E-state index >= 15 is 0 Å². The van der Waals surface area contributed by atoms with Gasteiger partial charge in [-0.3, -0.25) is 4.79 Å². The van der Waals surface area contributed by atoms with Gasteiger partial charge >= 0.3 is 5.97 Å². The monoisotopic (exact) mass is 383 g/mol. The van der Waals surface area contributed by atoms with Crippen LogP contribution in [-0.2, 0) is 26.6 Å². The first-order valence-corrected chi connectivity index (χ1v) is 9.25. The average Bonchev–Trinajstić information content (AvgIpc) is 3.23. The number of ether oxygens (including phenoxy) is 2. The van der Waals surface area contributed by atoms with E-state index < -0.39 is 34.0 Å². The molecule has 0 spiro atoms. The molecule has 0 unspecified atom stereocenters. The number of hydrogen-bond donors (Lipinski definition) is 0. The topological polar surface area (TPSA) is 90.7 Å². The quantitative estimate of drug-likeness (QED) is 0.714. The minimum Gasteiger partial charge on any atom is -0.486 e. The fourth-order valence-corrected chi connectivity index (χ4v) is 4.42. The Kier molecular flexibility index (Phi) is 4.97. The lowest BCUT2D eigenvalue weighted by Gasteiger charge is -2.20. The summed E-state index contributed by atoms with van der Waals surface area (Å²) in [4.78, 5) is 15.9. The molecule has 1 aromatic carbocycles. The first-order chi connectivity index (χ1) is 12.3. The normalized spacial score (nSPS) is 20.9. The van der Waals surface area contributed by atoms with Crippen LogP contribution in [0.25, 0.3) is 0 Å². The highest BCUT2D eigenvalue weighted by Gasteiger charge is 2.46. The van der Waals surface area contributed by atoms with Gasteiger partial charge in [-0.15, -0.1) is 0 Å². The van der Waals surface area contributed by atoms with Crippen LogP contribution in [0, 0.1) is 5.82 Å². The number of aryl methyl sites for hydroxylation is 1. The van der Waals surface area contributed by atoms with Gasteiger partial charge in [0.1, 0.15) is 12.1 Å². The zero-order valence-electron chi connectivity index (χ0n) is 14.2. The van der Waals surface area contributed by atoms with Crippen LogP contribution in [0.5, 0.6) is 5.75 Å². The number of imidazole rings is 1. The Morgan fingerprint density at radius 1 is 1.35 bits per heavy atom. The number of halogens is 1. The van der Waals surface area contributed by atoms with Crippen molar-refractivity contribution in [1.29, 1.82) is 0 Å². The van der Waals surface area contributed by atoms with Crippen molar-refractivity contribution in [2.24, 2.45) is 7.05 Å². The molecule has 0 radical (unpaired) electrons. The van der Waals surface area contributed by atoms with Crippen molar-refractivity contribution in [2.75, 3.05) is 13.7 Å². The molecule has 1 saturated heterocycles. The van der Waals surface area contributed by atoms with Crippen molar-refractivity contribution in [1.82, 2.24) is 13.9 Å². The average molecular weight is 383 g/mol. The van der Waals surface area contributed by atoms with Crippen LogP contribution in [0.2, 0.25) is 0 Å². The van der Waals surface area contributed by atoms with Gasteiger partial charge in [0.15, 0.2) is 16.6 Å². The largest absolute Gasteiger partial charge is 0.486 e. The van der Waals surface area contributed by atoms with Crippen molar-refractivity contribution < 1.29 is 27.1 Å². The lowest BCUT2D eigenvalue weighted by molar-refractivity contribution is -0.144. The Bertz CT molecular complexity index is 914. The van der Waals surface area contributed by atoms with Crippen molar-refractivity contribution >= 4 is 16.0 Å². The molecular weight excluding hydrogens is 365 g/mol. The molecule has 0 amide bonds. The summed E-state index contributed by atoms with van der Waals surface area (Å²) in [6.45, 7) is -0.118. The third-order valence-electron chi connectivity index (χ3n) is 4.08. The highest BCUT2D eigenvalue weighted by molar-refractivity contribution is 7.89. The van der Waals surface area contributed by atoms with Gasteiger partial charge in [-0.2, -0.15) is 4.31 Å². The van der Waals surface area contributed by atoms with Crippen molar-refractivity contribution in [3.8, 4) is 5.75 Å². The van der Waals surface area contributed by atoms with E-state index in [0.29, 0.717) is 0 Å². The van der Waals surface area contributed by atoms with Crippen LogP contribution in [0.4, 0.5) is 4.39 Å². The Hall–Kier alpha value is -2.46. The van der Waals surface area contributed by atoms with E-state index in [1.54, 1.807) is 13.1 Å². The summed E-state index contributed by atoms with van der Waals surface area (Å²) in [7, 11) is -1.21. The number of aromatic nitrogens is 2. The molecule has 2 aromatic rings. The molecule has 0 N–H and O–H groups in total. The molecule has 1 aromatic heterocycles. The Morgan fingerprint density at radius 3 is 2.69 bits per heavy atom. The van der Waals surface area contributed by atoms with Gasteiger partial charge in [0.2, 0.25) is 0 Å². The van der Waals surface area contributed by atoms with E-state index in [9.17, 15) is 17.6 Å².